The standard InChI is InChI=1S/C15H29NO4/c1-12-9-13(11-19-8-6-5-7-17)16(10-12)14(18)20-15(2,3)4/h12-13,17H,5-11H2,1-4H3. The van der Waals surface area contributed by atoms with E-state index in [-0.39, 0.29) is 18.7 Å². The van der Waals surface area contributed by atoms with Gasteiger partial charge in [-0.3, -0.25) is 0 Å². The topological polar surface area (TPSA) is 59.0 Å². The Morgan fingerprint density at radius 1 is 1.35 bits per heavy atom. The largest absolute Gasteiger partial charge is 0.444 e. The second-order valence-electron chi connectivity index (χ2n) is 6.63. The number of ether oxygens (including phenoxy) is 2. The quantitative estimate of drug-likeness (QED) is 0.762. The summed E-state index contributed by atoms with van der Waals surface area (Å²) in [6.45, 7) is 9.90. The molecule has 0 aromatic carbocycles. The number of aliphatic hydroxyl groups excluding tert-OH is 1. The van der Waals surface area contributed by atoms with Crippen LogP contribution in [-0.2, 0) is 9.47 Å². The highest BCUT2D eigenvalue weighted by Crippen LogP contribution is 2.25. The van der Waals surface area contributed by atoms with Crippen LogP contribution in [0.5, 0.6) is 0 Å². The normalized spacial score (nSPS) is 23.1. The summed E-state index contributed by atoms with van der Waals surface area (Å²) in [4.78, 5) is 14.0. The summed E-state index contributed by atoms with van der Waals surface area (Å²) < 4.78 is 11.1. The molecule has 0 bridgehead atoms. The summed E-state index contributed by atoms with van der Waals surface area (Å²) in [5.74, 6) is 0.480. The van der Waals surface area contributed by atoms with Crippen molar-refractivity contribution in [2.75, 3.05) is 26.4 Å². The number of carbonyl (C=O) groups excluding carboxylic acids is 1. The highest BCUT2D eigenvalue weighted by Gasteiger charge is 2.35. The monoisotopic (exact) mass is 287 g/mol. The van der Waals surface area contributed by atoms with Crippen LogP contribution in [0.4, 0.5) is 4.79 Å². The summed E-state index contributed by atoms with van der Waals surface area (Å²) in [6, 6.07) is 0.106. The van der Waals surface area contributed by atoms with Crippen molar-refractivity contribution >= 4 is 6.09 Å². The summed E-state index contributed by atoms with van der Waals surface area (Å²) >= 11 is 0. The number of rotatable bonds is 6. The Morgan fingerprint density at radius 2 is 2.05 bits per heavy atom. The summed E-state index contributed by atoms with van der Waals surface area (Å²) in [5, 5.41) is 8.71. The number of carbonyl (C=O) groups is 1. The van der Waals surface area contributed by atoms with Gasteiger partial charge in [0.15, 0.2) is 0 Å². The van der Waals surface area contributed by atoms with Crippen molar-refractivity contribution in [2.45, 2.75) is 58.6 Å². The van der Waals surface area contributed by atoms with Crippen molar-refractivity contribution in [3.63, 3.8) is 0 Å². The molecule has 20 heavy (non-hydrogen) atoms. The highest BCUT2D eigenvalue weighted by atomic mass is 16.6. The zero-order chi connectivity index (χ0) is 15.2. The number of unbranched alkanes of at least 4 members (excludes halogenated alkanes) is 1. The number of hydrogen-bond acceptors (Lipinski definition) is 4. The van der Waals surface area contributed by atoms with Crippen molar-refractivity contribution in [2.24, 2.45) is 5.92 Å². The average Bonchev–Trinajstić information content (AvgIpc) is 2.68. The minimum atomic E-state index is -0.463. The molecule has 0 aromatic heterocycles. The van der Waals surface area contributed by atoms with Gasteiger partial charge in [-0.2, -0.15) is 0 Å². The van der Waals surface area contributed by atoms with Crippen LogP contribution in [0, 0.1) is 5.92 Å². The van der Waals surface area contributed by atoms with Gasteiger partial charge in [0.1, 0.15) is 5.60 Å². The third-order valence-electron chi connectivity index (χ3n) is 3.26. The molecule has 1 fully saturated rings. The maximum Gasteiger partial charge on any atom is 0.410 e. The van der Waals surface area contributed by atoms with Crippen LogP contribution in [0.15, 0.2) is 0 Å². The first-order valence-corrected chi connectivity index (χ1v) is 7.51. The third-order valence-corrected chi connectivity index (χ3v) is 3.26. The minimum absolute atomic E-state index is 0.106. The lowest BCUT2D eigenvalue weighted by Crippen LogP contribution is -2.41. The zero-order valence-corrected chi connectivity index (χ0v) is 13.2. The van der Waals surface area contributed by atoms with Gasteiger partial charge in [-0.1, -0.05) is 6.92 Å². The molecular formula is C15H29NO4. The molecule has 1 N–H and O–H groups in total. The fourth-order valence-electron chi connectivity index (χ4n) is 2.39. The van der Waals surface area contributed by atoms with E-state index in [9.17, 15) is 4.79 Å². The molecule has 0 saturated carbocycles. The van der Waals surface area contributed by atoms with Crippen molar-refractivity contribution in [1.82, 2.24) is 4.90 Å². The van der Waals surface area contributed by atoms with E-state index in [1.54, 1.807) is 4.90 Å². The smallest absolute Gasteiger partial charge is 0.410 e. The van der Waals surface area contributed by atoms with Gasteiger partial charge in [0.2, 0.25) is 0 Å². The van der Waals surface area contributed by atoms with Crippen LogP contribution >= 0.6 is 0 Å². The Labute approximate surface area is 122 Å². The highest BCUT2D eigenvalue weighted by molar-refractivity contribution is 5.69. The summed E-state index contributed by atoms with van der Waals surface area (Å²) in [5.41, 5.74) is -0.463. The maximum atomic E-state index is 12.2. The first-order valence-electron chi connectivity index (χ1n) is 7.51. The molecule has 2 atom stereocenters. The van der Waals surface area contributed by atoms with Gasteiger partial charge in [-0.05, 0) is 46.0 Å². The Morgan fingerprint density at radius 3 is 2.65 bits per heavy atom. The van der Waals surface area contributed by atoms with Crippen LogP contribution in [0.2, 0.25) is 0 Å². The lowest BCUT2D eigenvalue weighted by Gasteiger charge is -2.28. The lowest BCUT2D eigenvalue weighted by molar-refractivity contribution is 0.01000. The number of nitrogens with zero attached hydrogens (tertiary/aromatic N) is 1. The predicted molar refractivity (Wildman–Crippen MR) is 77.6 cm³/mol. The first kappa shape index (κ1) is 17.2. The van der Waals surface area contributed by atoms with Crippen LogP contribution in [-0.4, -0.2) is 54.1 Å². The molecular weight excluding hydrogens is 258 g/mol. The Hall–Kier alpha value is -0.810. The van der Waals surface area contributed by atoms with Crippen LogP contribution in [0.3, 0.4) is 0 Å². The van der Waals surface area contributed by atoms with E-state index in [0.717, 1.165) is 25.8 Å². The van der Waals surface area contributed by atoms with E-state index in [0.29, 0.717) is 19.1 Å². The van der Waals surface area contributed by atoms with E-state index < -0.39 is 5.60 Å². The Balaban J connectivity index is 2.41. The Kier molecular flexibility index (Phi) is 6.76. The van der Waals surface area contributed by atoms with E-state index in [2.05, 4.69) is 6.92 Å². The summed E-state index contributed by atoms with van der Waals surface area (Å²) in [6.07, 6.45) is 2.33. The molecule has 1 rings (SSSR count). The number of hydrogen-bond donors (Lipinski definition) is 1. The molecule has 2 unspecified atom stereocenters. The van der Waals surface area contributed by atoms with Crippen molar-refractivity contribution in [1.29, 1.82) is 0 Å². The average molecular weight is 287 g/mol. The second-order valence-corrected chi connectivity index (χ2v) is 6.63. The molecule has 5 nitrogen and oxygen atoms in total. The van der Waals surface area contributed by atoms with Crippen LogP contribution in [0.1, 0.15) is 47.0 Å². The molecule has 0 aliphatic carbocycles. The first-order chi connectivity index (χ1) is 9.33. The molecule has 5 heteroatoms. The van der Waals surface area contributed by atoms with E-state index >= 15 is 0 Å². The Bertz CT molecular complexity index is 301. The van der Waals surface area contributed by atoms with E-state index in [1.165, 1.54) is 0 Å². The molecule has 1 aliphatic rings. The fourth-order valence-corrected chi connectivity index (χ4v) is 2.39. The molecule has 118 valence electrons. The predicted octanol–water partition coefficient (Wildman–Crippen LogP) is 2.42. The number of likely N-dealkylation sites (tertiary alicyclic amines) is 1. The molecule has 0 radical (unpaired) electrons. The van der Waals surface area contributed by atoms with Gasteiger partial charge in [-0.25, -0.2) is 4.79 Å². The second kappa shape index (κ2) is 7.84. The fraction of sp³-hybridized carbons (Fsp3) is 0.933. The van der Waals surface area contributed by atoms with E-state index in [1.807, 2.05) is 20.8 Å². The van der Waals surface area contributed by atoms with Gasteiger partial charge >= 0.3 is 6.09 Å². The summed E-state index contributed by atoms with van der Waals surface area (Å²) in [7, 11) is 0. The SMILES string of the molecule is CC1CC(COCCCCO)N(C(=O)OC(C)(C)C)C1. The lowest BCUT2D eigenvalue weighted by atomic mass is 10.1. The molecule has 1 amide bonds. The third kappa shape index (κ3) is 6.09. The molecule has 1 aliphatic heterocycles. The van der Waals surface area contributed by atoms with Gasteiger partial charge in [0.25, 0.3) is 0 Å². The van der Waals surface area contributed by atoms with Gasteiger partial charge in [0.05, 0.1) is 12.6 Å². The number of aliphatic hydroxyl groups is 1. The molecule has 1 saturated heterocycles. The zero-order valence-electron chi connectivity index (χ0n) is 13.2. The van der Waals surface area contributed by atoms with Crippen molar-refractivity contribution in [3.8, 4) is 0 Å². The van der Waals surface area contributed by atoms with E-state index in [4.69, 9.17) is 14.6 Å². The minimum Gasteiger partial charge on any atom is -0.444 e. The molecule has 1 heterocycles. The van der Waals surface area contributed by atoms with Gasteiger partial charge in [0, 0.05) is 19.8 Å². The maximum absolute atomic E-state index is 12.2. The van der Waals surface area contributed by atoms with Crippen LogP contribution in [0.25, 0.3) is 0 Å². The molecule has 0 aromatic rings. The number of amides is 1. The van der Waals surface area contributed by atoms with Crippen molar-refractivity contribution in [3.05, 3.63) is 0 Å². The molecule has 0 spiro atoms. The van der Waals surface area contributed by atoms with Crippen LogP contribution < -0.4 is 0 Å². The van der Waals surface area contributed by atoms with Crippen molar-refractivity contribution < 1.29 is 19.4 Å². The van der Waals surface area contributed by atoms with Gasteiger partial charge in [-0.15, -0.1) is 0 Å². The van der Waals surface area contributed by atoms with Gasteiger partial charge < -0.3 is 19.5 Å².